The monoisotopic (exact) mass is 334 g/mol. The molecule has 1 amide bonds. The predicted molar refractivity (Wildman–Crippen MR) is 98.9 cm³/mol. The highest BCUT2D eigenvalue weighted by atomic mass is 16.3. The van der Waals surface area contributed by atoms with Crippen LogP contribution in [0.5, 0.6) is 5.88 Å². The number of piperazine rings is 1. The normalized spacial score (nSPS) is 15.0. The molecule has 1 aromatic heterocycles. The molecular weight excluding hydrogens is 316 g/mol. The highest BCUT2D eigenvalue weighted by Gasteiger charge is 2.16. The van der Waals surface area contributed by atoms with Crippen LogP contribution in [-0.4, -0.2) is 41.8 Å². The quantitative estimate of drug-likeness (QED) is 0.644. The summed E-state index contributed by atoms with van der Waals surface area (Å²) in [4.78, 5) is 20.9. The molecule has 4 rings (SSSR count). The van der Waals surface area contributed by atoms with Gasteiger partial charge in [-0.3, -0.25) is 9.79 Å². The Morgan fingerprint density at radius 2 is 1.92 bits per heavy atom. The van der Waals surface area contributed by atoms with Crippen LogP contribution in [0.2, 0.25) is 0 Å². The van der Waals surface area contributed by atoms with Crippen molar-refractivity contribution in [3.63, 3.8) is 0 Å². The first-order valence-corrected chi connectivity index (χ1v) is 8.16. The molecule has 6 nitrogen and oxygen atoms in total. The molecule has 2 heterocycles. The second kappa shape index (κ2) is 6.32. The first-order valence-electron chi connectivity index (χ1n) is 8.16. The smallest absolute Gasteiger partial charge is 0.239 e. The molecule has 126 valence electrons. The standard InChI is InChI=1S/C19H18N4O2/c24-18-12-23(10-9-20-18)14-7-5-13(6-8-14)21-11-16-15-3-1-2-4-17(15)22-19(16)25/h1-8,11,22,25H,9-10,12H2,(H,20,24). The van der Waals surface area contributed by atoms with E-state index in [1.165, 1.54) is 0 Å². The van der Waals surface area contributed by atoms with Crippen molar-refractivity contribution in [2.24, 2.45) is 4.99 Å². The van der Waals surface area contributed by atoms with Gasteiger partial charge in [0.2, 0.25) is 5.91 Å². The number of nitrogens with zero attached hydrogens (tertiary/aromatic N) is 2. The third-order valence-electron chi connectivity index (χ3n) is 4.32. The van der Waals surface area contributed by atoms with Gasteiger partial charge in [0, 0.05) is 35.9 Å². The molecule has 0 radical (unpaired) electrons. The summed E-state index contributed by atoms with van der Waals surface area (Å²) in [5.74, 6) is 0.157. The number of amides is 1. The number of anilines is 1. The average Bonchev–Trinajstić information content (AvgIpc) is 2.95. The van der Waals surface area contributed by atoms with Gasteiger partial charge < -0.3 is 20.3 Å². The van der Waals surface area contributed by atoms with Crippen LogP contribution in [0.4, 0.5) is 11.4 Å². The number of rotatable bonds is 3. The number of carbonyl (C=O) groups excluding carboxylic acids is 1. The van der Waals surface area contributed by atoms with Crippen molar-refractivity contribution in [2.45, 2.75) is 0 Å². The Kier molecular flexibility index (Phi) is 3.85. The van der Waals surface area contributed by atoms with Crippen LogP contribution in [0.3, 0.4) is 0 Å². The van der Waals surface area contributed by atoms with Gasteiger partial charge in [-0.2, -0.15) is 0 Å². The number of fused-ring (bicyclic) bond motifs is 1. The fourth-order valence-corrected chi connectivity index (χ4v) is 3.03. The number of benzene rings is 2. The zero-order valence-electron chi connectivity index (χ0n) is 13.6. The van der Waals surface area contributed by atoms with Gasteiger partial charge in [-0.15, -0.1) is 0 Å². The number of hydrogen-bond donors (Lipinski definition) is 3. The van der Waals surface area contributed by atoms with Crippen LogP contribution in [0.1, 0.15) is 5.56 Å². The SMILES string of the molecule is O=C1CN(c2ccc(N=Cc3c(O)[nH]c4ccccc34)cc2)CCN1. The fraction of sp³-hybridized carbons (Fsp3) is 0.158. The highest BCUT2D eigenvalue weighted by Crippen LogP contribution is 2.26. The molecule has 0 spiro atoms. The Balaban J connectivity index is 1.55. The fourth-order valence-electron chi connectivity index (χ4n) is 3.03. The molecular formula is C19H18N4O2. The van der Waals surface area contributed by atoms with E-state index in [2.05, 4.69) is 15.3 Å². The van der Waals surface area contributed by atoms with Gasteiger partial charge in [0.15, 0.2) is 5.88 Å². The summed E-state index contributed by atoms with van der Waals surface area (Å²) >= 11 is 0. The summed E-state index contributed by atoms with van der Waals surface area (Å²) in [6.45, 7) is 1.85. The maximum Gasteiger partial charge on any atom is 0.239 e. The van der Waals surface area contributed by atoms with Crippen LogP contribution < -0.4 is 10.2 Å². The van der Waals surface area contributed by atoms with Gasteiger partial charge in [0.1, 0.15) is 0 Å². The molecule has 6 heteroatoms. The van der Waals surface area contributed by atoms with Crippen molar-refractivity contribution < 1.29 is 9.90 Å². The van der Waals surface area contributed by atoms with E-state index in [1.54, 1.807) is 6.21 Å². The average molecular weight is 334 g/mol. The lowest BCUT2D eigenvalue weighted by Crippen LogP contribution is -2.47. The second-order valence-electron chi connectivity index (χ2n) is 5.98. The summed E-state index contributed by atoms with van der Waals surface area (Å²) in [5, 5.41) is 13.8. The van der Waals surface area contributed by atoms with Crippen molar-refractivity contribution in [1.82, 2.24) is 10.3 Å². The largest absolute Gasteiger partial charge is 0.494 e. The zero-order valence-corrected chi connectivity index (χ0v) is 13.6. The third-order valence-corrected chi connectivity index (χ3v) is 4.32. The van der Waals surface area contributed by atoms with Gasteiger partial charge in [-0.1, -0.05) is 18.2 Å². The number of nitrogens with one attached hydrogen (secondary N) is 2. The Morgan fingerprint density at radius 1 is 1.12 bits per heavy atom. The lowest BCUT2D eigenvalue weighted by atomic mass is 10.2. The van der Waals surface area contributed by atoms with Crippen LogP contribution in [-0.2, 0) is 4.79 Å². The number of H-pyrrole nitrogens is 1. The Bertz CT molecular complexity index is 944. The molecule has 0 bridgehead atoms. The summed E-state index contributed by atoms with van der Waals surface area (Å²) in [5.41, 5.74) is 3.34. The first kappa shape index (κ1) is 15.3. The molecule has 3 N–H and O–H groups in total. The molecule has 2 aromatic carbocycles. The van der Waals surface area contributed by atoms with Gasteiger partial charge in [0.25, 0.3) is 0 Å². The molecule has 0 atom stereocenters. The van der Waals surface area contributed by atoms with Gasteiger partial charge in [0.05, 0.1) is 17.8 Å². The van der Waals surface area contributed by atoms with E-state index < -0.39 is 0 Å². The topological polar surface area (TPSA) is 80.7 Å². The van der Waals surface area contributed by atoms with E-state index >= 15 is 0 Å². The summed E-state index contributed by atoms with van der Waals surface area (Å²) in [7, 11) is 0. The van der Waals surface area contributed by atoms with Crippen LogP contribution in [0, 0.1) is 0 Å². The molecule has 0 unspecified atom stereocenters. The molecule has 25 heavy (non-hydrogen) atoms. The maximum atomic E-state index is 11.5. The molecule has 3 aromatic rings. The number of aromatic hydroxyl groups is 1. The number of aromatic nitrogens is 1. The third kappa shape index (κ3) is 3.06. The second-order valence-corrected chi connectivity index (χ2v) is 5.98. The van der Waals surface area contributed by atoms with E-state index in [1.807, 2.05) is 53.4 Å². The molecule has 1 fully saturated rings. The summed E-state index contributed by atoms with van der Waals surface area (Å²) in [6.07, 6.45) is 1.66. The lowest BCUT2D eigenvalue weighted by Gasteiger charge is -2.28. The van der Waals surface area contributed by atoms with Crippen molar-refractivity contribution in [3.8, 4) is 5.88 Å². The van der Waals surface area contributed by atoms with Gasteiger partial charge in [-0.25, -0.2) is 0 Å². The Morgan fingerprint density at radius 3 is 2.72 bits per heavy atom. The van der Waals surface area contributed by atoms with E-state index in [9.17, 15) is 9.90 Å². The van der Waals surface area contributed by atoms with Crippen molar-refractivity contribution >= 4 is 34.4 Å². The van der Waals surface area contributed by atoms with Crippen molar-refractivity contribution in [3.05, 3.63) is 54.1 Å². The van der Waals surface area contributed by atoms with Crippen molar-refractivity contribution in [2.75, 3.05) is 24.5 Å². The Hall–Kier alpha value is -3.28. The number of aromatic amines is 1. The van der Waals surface area contributed by atoms with Crippen molar-refractivity contribution in [1.29, 1.82) is 0 Å². The van der Waals surface area contributed by atoms with E-state index in [0.29, 0.717) is 18.7 Å². The molecule has 1 aliphatic heterocycles. The minimum absolute atomic E-state index is 0.0446. The van der Waals surface area contributed by atoms with Gasteiger partial charge in [-0.05, 0) is 30.3 Å². The molecule has 0 aliphatic carbocycles. The number of hydrogen-bond acceptors (Lipinski definition) is 4. The first-order chi connectivity index (χ1) is 12.2. The van der Waals surface area contributed by atoms with Crippen LogP contribution >= 0.6 is 0 Å². The lowest BCUT2D eigenvalue weighted by molar-refractivity contribution is -0.120. The maximum absolute atomic E-state index is 11.5. The number of para-hydroxylation sites is 1. The molecule has 1 saturated heterocycles. The van der Waals surface area contributed by atoms with Gasteiger partial charge >= 0.3 is 0 Å². The number of aliphatic imine (C=N–C) groups is 1. The molecule has 0 saturated carbocycles. The Labute approximate surface area is 144 Å². The zero-order chi connectivity index (χ0) is 17.2. The summed E-state index contributed by atoms with van der Waals surface area (Å²) < 4.78 is 0. The van der Waals surface area contributed by atoms with Crippen LogP contribution in [0.15, 0.2) is 53.5 Å². The van der Waals surface area contributed by atoms with E-state index in [0.717, 1.165) is 28.8 Å². The molecule has 1 aliphatic rings. The predicted octanol–water partition coefficient (Wildman–Crippen LogP) is 2.56. The number of carbonyl (C=O) groups is 1. The summed E-state index contributed by atoms with van der Waals surface area (Å²) in [6, 6.07) is 15.4. The van der Waals surface area contributed by atoms with Crippen LogP contribution in [0.25, 0.3) is 10.9 Å². The minimum Gasteiger partial charge on any atom is -0.494 e. The van der Waals surface area contributed by atoms with E-state index in [-0.39, 0.29) is 11.8 Å². The van der Waals surface area contributed by atoms with E-state index in [4.69, 9.17) is 0 Å². The minimum atomic E-state index is 0.0446. The highest BCUT2D eigenvalue weighted by molar-refractivity contribution is 6.02.